The van der Waals surface area contributed by atoms with Crippen molar-refractivity contribution < 1.29 is 9.50 Å². The first-order valence-electron chi connectivity index (χ1n) is 7.51. The minimum Gasteiger partial charge on any atom is -0.389 e. The van der Waals surface area contributed by atoms with E-state index >= 15 is 0 Å². The predicted octanol–water partition coefficient (Wildman–Crippen LogP) is 4.28. The summed E-state index contributed by atoms with van der Waals surface area (Å²) < 4.78 is 14.2. The van der Waals surface area contributed by atoms with Crippen molar-refractivity contribution >= 4 is 5.69 Å². The van der Waals surface area contributed by atoms with E-state index < -0.39 is 6.10 Å². The van der Waals surface area contributed by atoms with Crippen LogP contribution in [0.2, 0.25) is 0 Å². The third-order valence-electron chi connectivity index (χ3n) is 4.68. The van der Waals surface area contributed by atoms with Gasteiger partial charge in [0.2, 0.25) is 0 Å². The minimum atomic E-state index is -0.650. The molecule has 0 unspecified atom stereocenters. The summed E-state index contributed by atoms with van der Waals surface area (Å²) in [6.07, 6.45) is 3.85. The molecule has 3 heteroatoms. The van der Waals surface area contributed by atoms with E-state index in [0.717, 1.165) is 12.8 Å². The van der Waals surface area contributed by atoms with Crippen molar-refractivity contribution in [3.8, 4) is 0 Å². The minimum absolute atomic E-state index is 0.240. The van der Waals surface area contributed by atoms with Crippen LogP contribution in [0.5, 0.6) is 0 Å². The number of aliphatic hydroxyl groups excluding tert-OH is 1. The van der Waals surface area contributed by atoms with Gasteiger partial charge >= 0.3 is 0 Å². The molecule has 2 rings (SSSR count). The molecule has 0 radical (unpaired) electrons. The molecule has 1 aliphatic carbocycles. The zero-order valence-electron chi connectivity index (χ0n) is 13.0. The van der Waals surface area contributed by atoms with Crippen molar-refractivity contribution in [2.24, 2.45) is 5.41 Å². The van der Waals surface area contributed by atoms with Crippen LogP contribution in [-0.4, -0.2) is 18.2 Å². The van der Waals surface area contributed by atoms with Crippen molar-refractivity contribution in [1.29, 1.82) is 0 Å². The summed E-state index contributed by atoms with van der Waals surface area (Å²) in [4.78, 5) is 2.03. The van der Waals surface area contributed by atoms with Crippen molar-refractivity contribution in [2.75, 3.05) is 11.9 Å². The molecule has 1 fully saturated rings. The maximum absolute atomic E-state index is 14.2. The average Bonchev–Trinajstić information content (AvgIpc) is 2.37. The molecule has 1 atom stereocenters. The molecule has 1 N–H and O–H groups in total. The highest BCUT2D eigenvalue weighted by Gasteiger charge is 2.30. The lowest BCUT2D eigenvalue weighted by atomic mass is 9.75. The number of hydrogen-bond donors (Lipinski definition) is 1. The number of para-hydroxylation sites is 1. The summed E-state index contributed by atoms with van der Waals surface area (Å²) in [5.41, 5.74) is 1.64. The fourth-order valence-electron chi connectivity index (χ4n) is 3.20. The predicted molar refractivity (Wildman–Crippen MR) is 81.5 cm³/mol. The second-order valence-corrected chi connectivity index (χ2v) is 6.86. The van der Waals surface area contributed by atoms with Gasteiger partial charge in [0, 0.05) is 18.7 Å². The molecule has 0 heterocycles. The first-order chi connectivity index (χ1) is 9.32. The van der Waals surface area contributed by atoms with Gasteiger partial charge in [-0.15, -0.1) is 0 Å². The third-order valence-corrected chi connectivity index (χ3v) is 4.68. The molecule has 1 aliphatic rings. The van der Waals surface area contributed by atoms with Crippen LogP contribution in [-0.2, 0) is 0 Å². The number of anilines is 1. The first-order valence-corrected chi connectivity index (χ1v) is 7.51. The number of nitrogens with zero attached hydrogens (tertiary/aromatic N) is 1. The van der Waals surface area contributed by atoms with E-state index in [0.29, 0.717) is 22.7 Å². The largest absolute Gasteiger partial charge is 0.389 e. The Hall–Kier alpha value is -1.09. The summed E-state index contributed by atoms with van der Waals surface area (Å²) in [5.74, 6) is -0.240. The van der Waals surface area contributed by atoms with Crippen molar-refractivity contribution in [2.45, 2.75) is 58.6 Å². The molecule has 0 saturated heterocycles. The van der Waals surface area contributed by atoms with Crippen LogP contribution in [0.25, 0.3) is 0 Å². The Morgan fingerprint density at radius 3 is 2.45 bits per heavy atom. The quantitative estimate of drug-likeness (QED) is 0.892. The van der Waals surface area contributed by atoms with Gasteiger partial charge in [-0.2, -0.15) is 0 Å². The van der Waals surface area contributed by atoms with Crippen LogP contribution in [0, 0.1) is 11.2 Å². The lowest BCUT2D eigenvalue weighted by Gasteiger charge is -2.40. The molecule has 2 nitrogen and oxygen atoms in total. The maximum atomic E-state index is 14.2. The number of rotatable bonds is 3. The van der Waals surface area contributed by atoms with Crippen LogP contribution >= 0.6 is 0 Å². The summed E-state index contributed by atoms with van der Waals surface area (Å²) in [5, 5.41) is 9.87. The summed E-state index contributed by atoms with van der Waals surface area (Å²) in [7, 11) is 1.95. The Bertz CT molecular complexity index is 460. The lowest BCUT2D eigenvalue weighted by Crippen LogP contribution is -2.38. The van der Waals surface area contributed by atoms with E-state index in [9.17, 15) is 9.50 Å². The molecule has 0 amide bonds. The van der Waals surface area contributed by atoms with Gasteiger partial charge in [-0.25, -0.2) is 4.39 Å². The van der Waals surface area contributed by atoms with Gasteiger partial charge in [0.25, 0.3) is 0 Å². The summed E-state index contributed by atoms with van der Waals surface area (Å²) >= 11 is 0. The van der Waals surface area contributed by atoms with Gasteiger partial charge in [-0.1, -0.05) is 26.0 Å². The monoisotopic (exact) mass is 279 g/mol. The van der Waals surface area contributed by atoms with E-state index in [1.54, 1.807) is 13.0 Å². The van der Waals surface area contributed by atoms with E-state index in [2.05, 4.69) is 13.8 Å². The van der Waals surface area contributed by atoms with Crippen molar-refractivity contribution in [3.05, 3.63) is 29.6 Å². The number of benzene rings is 1. The highest BCUT2D eigenvalue weighted by atomic mass is 19.1. The molecule has 1 aromatic carbocycles. The van der Waals surface area contributed by atoms with Crippen LogP contribution in [0.1, 0.15) is 58.1 Å². The topological polar surface area (TPSA) is 23.5 Å². The molecule has 0 spiro atoms. The summed E-state index contributed by atoms with van der Waals surface area (Å²) in [6.45, 7) is 6.29. The van der Waals surface area contributed by atoms with E-state index in [1.165, 1.54) is 18.9 Å². The molecule has 1 saturated carbocycles. The van der Waals surface area contributed by atoms with E-state index in [1.807, 2.05) is 18.0 Å². The third kappa shape index (κ3) is 3.14. The van der Waals surface area contributed by atoms with Crippen LogP contribution in [0.4, 0.5) is 10.1 Å². The molecule has 112 valence electrons. The van der Waals surface area contributed by atoms with Gasteiger partial charge < -0.3 is 10.0 Å². The first kappa shape index (κ1) is 15.3. The highest BCUT2D eigenvalue weighted by Crippen LogP contribution is 2.39. The van der Waals surface area contributed by atoms with Gasteiger partial charge in [0.15, 0.2) is 0 Å². The Balaban J connectivity index is 2.23. The SMILES string of the molecule is C[C@H](O)c1cccc(F)c1N(C)C1CCC(C)(C)CC1. The zero-order chi connectivity index (χ0) is 14.9. The Labute approximate surface area is 121 Å². The van der Waals surface area contributed by atoms with Gasteiger partial charge in [-0.3, -0.25) is 0 Å². The second-order valence-electron chi connectivity index (χ2n) is 6.86. The van der Waals surface area contributed by atoms with Crippen molar-refractivity contribution in [1.82, 2.24) is 0 Å². The highest BCUT2D eigenvalue weighted by molar-refractivity contribution is 5.56. The lowest BCUT2D eigenvalue weighted by molar-refractivity contribution is 0.197. The summed E-state index contributed by atoms with van der Waals surface area (Å²) in [6, 6.07) is 5.31. The smallest absolute Gasteiger partial charge is 0.146 e. The molecular formula is C17H26FNO. The Kier molecular flexibility index (Phi) is 4.38. The molecule has 0 aromatic heterocycles. The molecule has 1 aromatic rings. The Morgan fingerprint density at radius 1 is 1.30 bits per heavy atom. The molecule has 20 heavy (non-hydrogen) atoms. The number of aliphatic hydroxyl groups is 1. The number of hydrogen-bond acceptors (Lipinski definition) is 2. The van der Waals surface area contributed by atoms with Crippen LogP contribution in [0.15, 0.2) is 18.2 Å². The van der Waals surface area contributed by atoms with E-state index in [4.69, 9.17) is 0 Å². The molecule has 0 aliphatic heterocycles. The van der Waals surface area contributed by atoms with E-state index in [-0.39, 0.29) is 5.82 Å². The van der Waals surface area contributed by atoms with Crippen LogP contribution < -0.4 is 4.90 Å². The maximum Gasteiger partial charge on any atom is 0.146 e. The normalized spacial score (nSPS) is 20.7. The van der Waals surface area contributed by atoms with Gasteiger partial charge in [-0.05, 0) is 44.1 Å². The standard InChI is InChI=1S/C17H26FNO/c1-12(20)14-6-5-7-15(18)16(14)19(4)13-8-10-17(2,3)11-9-13/h5-7,12-13,20H,8-11H2,1-4H3/t12-/m0/s1. The second kappa shape index (κ2) is 5.72. The average molecular weight is 279 g/mol. The fraction of sp³-hybridized carbons (Fsp3) is 0.647. The van der Waals surface area contributed by atoms with Gasteiger partial charge in [0.05, 0.1) is 11.8 Å². The molecule has 0 bridgehead atoms. The Morgan fingerprint density at radius 2 is 1.90 bits per heavy atom. The zero-order valence-corrected chi connectivity index (χ0v) is 13.0. The van der Waals surface area contributed by atoms with Gasteiger partial charge in [0.1, 0.15) is 5.82 Å². The molecular weight excluding hydrogens is 253 g/mol. The van der Waals surface area contributed by atoms with Crippen LogP contribution in [0.3, 0.4) is 0 Å². The van der Waals surface area contributed by atoms with Crippen molar-refractivity contribution in [3.63, 3.8) is 0 Å². The fourth-order valence-corrected chi connectivity index (χ4v) is 3.20. The number of halogens is 1.